The number of amides is 1. The van der Waals surface area contributed by atoms with Crippen LogP contribution in [-0.2, 0) is 4.79 Å². The molecule has 5 heteroatoms. The van der Waals surface area contributed by atoms with Crippen molar-refractivity contribution in [3.63, 3.8) is 0 Å². The van der Waals surface area contributed by atoms with Crippen molar-refractivity contribution in [1.82, 2.24) is 4.98 Å². The summed E-state index contributed by atoms with van der Waals surface area (Å²) < 4.78 is 13.8. The third-order valence-corrected chi connectivity index (χ3v) is 7.51. The van der Waals surface area contributed by atoms with Crippen LogP contribution in [0, 0.1) is 17.2 Å². The molecule has 3 aromatic rings. The highest BCUT2D eigenvalue weighted by atomic mass is 35.5. The molecule has 30 heavy (non-hydrogen) atoms. The smallest absolute Gasteiger partial charge is 0.228 e. The van der Waals surface area contributed by atoms with E-state index >= 15 is 0 Å². The number of pyridine rings is 1. The predicted octanol–water partition coefficient (Wildman–Crippen LogP) is 6.72. The Balaban J connectivity index is 1.29. The van der Waals surface area contributed by atoms with E-state index in [-0.39, 0.29) is 23.1 Å². The molecular formula is C25H24ClFN2O. The van der Waals surface area contributed by atoms with Crippen molar-refractivity contribution in [2.45, 2.75) is 44.4 Å². The maximum absolute atomic E-state index is 13.8. The first kappa shape index (κ1) is 19.5. The number of rotatable bonds is 3. The van der Waals surface area contributed by atoms with Crippen LogP contribution in [0.3, 0.4) is 0 Å². The lowest BCUT2D eigenvalue weighted by molar-refractivity contribution is -0.133. The average Bonchev–Trinajstić information content (AvgIpc) is 2.74. The summed E-state index contributed by atoms with van der Waals surface area (Å²) in [5.41, 5.74) is 2.94. The molecule has 1 amide bonds. The molecule has 2 saturated carbocycles. The van der Waals surface area contributed by atoms with E-state index in [2.05, 4.69) is 10.3 Å². The molecule has 0 aliphatic heterocycles. The molecule has 1 N–H and O–H groups in total. The van der Waals surface area contributed by atoms with Crippen LogP contribution in [0.5, 0.6) is 0 Å². The molecule has 2 aliphatic carbocycles. The molecule has 0 bridgehead atoms. The standard InChI is InChI=1S/C25H24ClFN2O/c26-17-1-4-19(5-2-17)29-24(30)22-9-13-25(22)11-7-16(8-12-25)20-10-14-28-23-6-3-18(27)15-21(20)23/h1-6,10,14-16,22H,7-9,11-13H2,(H,29,30)/t16?,22-,25?/m0/s1. The summed E-state index contributed by atoms with van der Waals surface area (Å²) >= 11 is 5.94. The molecule has 0 saturated heterocycles. The Kier molecular flexibility index (Phi) is 4.98. The SMILES string of the molecule is O=C(Nc1ccc(Cl)cc1)[C@@H]1CCC12CCC(c1ccnc3ccc(F)cc13)CC2. The van der Waals surface area contributed by atoms with Gasteiger partial charge in [0.2, 0.25) is 5.91 Å². The molecule has 1 spiro atoms. The summed E-state index contributed by atoms with van der Waals surface area (Å²) in [6.07, 6.45) is 8.02. The monoisotopic (exact) mass is 422 g/mol. The number of nitrogens with one attached hydrogen (secondary N) is 1. The van der Waals surface area contributed by atoms with E-state index in [1.165, 1.54) is 11.6 Å². The third kappa shape index (κ3) is 3.47. The maximum Gasteiger partial charge on any atom is 0.228 e. The van der Waals surface area contributed by atoms with Gasteiger partial charge in [-0.05, 0) is 104 Å². The number of aromatic nitrogens is 1. The zero-order chi connectivity index (χ0) is 20.7. The second-order valence-electron chi connectivity index (χ2n) is 8.79. The number of carbonyl (C=O) groups is 1. The van der Waals surface area contributed by atoms with Gasteiger partial charge in [-0.2, -0.15) is 0 Å². The predicted molar refractivity (Wildman–Crippen MR) is 118 cm³/mol. The highest BCUT2D eigenvalue weighted by Crippen LogP contribution is 2.58. The van der Waals surface area contributed by atoms with Crippen LogP contribution in [0.1, 0.15) is 50.0 Å². The molecule has 2 aliphatic rings. The van der Waals surface area contributed by atoms with Gasteiger partial charge in [0.1, 0.15) is 5.82 Å². The van der Waals surface area contributed by atoms with Crippen LogP contribution in [0.2, 0.25) is 5.02 Å². The molecule has 0 radical (unpaired) electrons. The van der Waals surface area contributed by atoms with E-state index in [1.807, 2.05) is 24.4 Å². The van der Waals surface area contributed by atoms with Crippen molar-refractivity contribution < 1.29 is 9.18 Å². The van der Waals surface area contributed by atoms with E-state index in [1.54, 1.807) is 24.3 Å². The highest BCUT2D eigenvalue weighted by Gasteiger charge is 2.51. The van der Waals surface area contributed by atoms with Gasteiger partial charge >= 0.3 is 0 Å². The molecule has 154 valence electrons. The number of carbonyl (C=O) groups excluding carboxylic acids is 1. The van der Waals surface area contributed by atoms with Crippen molar-refractivity contribution in [2.24, 2.45) is 11.3 Å². The van der Waals surface area contributed by atoms with Crippen LogP contribution in [-0.4, -0.2) is 10.9 Å². The minimum Gasteiger partial charge on any atom is -0.326 e. The summed E-state index contributed by atoms with van der Waals surface area (Å²) in [6, 6.07) is 14.1. The van der Waals surface area contributed by atoms with Gasteiger partial charge in [0.05, 0.1) is 5.52 Å². The van der Waals surface area contributed by atoms with E-state index in [0.717, 1.165) is 55.1 Å². The first-order chi connectivity index (χ1) is 14.5. The normalized spacial score (nSPS) is 25.8. The summed E-state index contributed by atoms with van der Waals surface area (Å²) in [4.78, 5) is 17.3. The summed E-state index contributed by atoms with van der Waals surface area (Å²) in [7, 11) is 0. The van der Waals surface area contributed by atoms with Crippen LogP contribution in [0.25, 0.3) is 10.9 Å². The van der Waals surface area contributed by atoms with Crippen molar-refractivity contribution >= 4 is 34.1 Å². The van der Waals surface area contributed by atoms with Gasteiger partial charge < -0.3 is 5.32 Å². The van der Waals surface area contributed by atoms with Gasteiger partial charge in [-0.1, -0.05) is 11.6 Å². The Bertz CT molecular complexity index is 1090. The summed E-state index contributed by atoms with van der Waals surface area (Å²) in [5.74, 6) is 0.365. The fourth-order valence-electron chi connectivity index (χ4n) is 5.47. The first-order valence-electron chi connectivity index (χ1n) is 10.6. The van der Waals surface area contributed by atoms with Crippen LogP contribution in [0.4, 0.5) is 10.1 Å². The Morgan fingerprint density at radius 3 is 2.47 bits per heavy atom. The summed E-state index contributed by atoms with van der Waals surface area (Å²) in [5, 5.41) is 4.65. The van der Waals surface area contributed by atoms with E-state index in [0.29, 0.717) is 10.9 Å². The van der Waals surface area contributed by atoms with Crippen LogP contribution < -0.4 is 5.32 Å². The fraction of sp³-hybridized carbons (Fsp3) is 0.360. The number of hydrogen-bond acceptors (Lipinski definition) is 2. The van der Waals surface area contributed by atoms with E-state index in [4.69, 9.17) is 11.6 Å². The maximum atomic E-state index is 13.8. The lowest BCUT2D eigenvalue weighted by atomic mass is 9.52. The Morgan fingerprint density at radius 2 is 1.77 bits per heavy atom. The van der Waals surface area contributed by atoms with Crippen molar-refractivity contribution in [1.29, 1.82) is 0 Å². The van der Waals surface area contributed by atoms with Gasteiger partial charge in [0, 0.05) is 28.2 Å². The fourth-order valence-corrected chi connectivity index (χ4v) is 5.59. The second kappa shape index (κ2) is 7.66. The Morgan fingerprint density at radius 1 is 1.03 bits per heavy atom. The molecule has 5 rings (SSSR count). The van der Waals surface area contributed by atoms with Crippen molar-refractivity contribution in [2.75, 3.05) is 5.32 Å². The lowest BCUT2D eigenvalue weighted by Crippen LogP contribution is -2.48. The molecule has 0 unspecified atom stereocenters. The van der Waals surface area contributed by atoms with E-state index in [9.17, 15) is 9.18 Å². The van der Waals surface area contributed by atoms with Gasteiger partial charge in [0.25, 0.3) is 0 Å². The zero-order valence-electron chi connectivity index (χ0n) is 16.7. The van der Waals surface area contributed by atoms with Gasteiger partial charge in [-0.3, -0.25) is 9.78 Å². The van der Waals surface area contributed by atoms with Gasteiger partial charge in [0.15, 0.2) is 0 Å². The number of hydrogen-bond donors (Lipinski definition) is 1. The number of nitrogens with zero attached hydrogens (tertiary/aromatic N) is 1. The first-order valence-corrected chi connectivity index (χ1v) is 11.0. The quantitative estimate of drug-likeness (QED) is 0.509. The van der Waals surface area contributed by atoms with Gasteiger partial charge in [-0.25, -0.2) is 4.39 Å². The average molecular weight is 423 g/mol. The second-order valence-corrected chi connectivity index (χ2v) is 9.22. The highest BCUT2D eigenvalue weighted by molar-refractivity contribution is 6.30. The van der Waals surface area contributed by atoms with Crippen molar-refractivity contribution in [3.8, 4) is 0 Å². The topological polar surface area (TPSA) is 42.0 Å². The lowest BCUT2D eigenvalue weighted by Gasteiger charge is -2.52. The molecule has 2 aromatic carbocycles. The number of halogens is 2. The van der Waals surface area contributed by atoms with E-state index < -0.39 is 0 Å². The number of fused-ring (bicyclic) bond motifs is 1. The molecule has 1 aromatic heterocycles. The Hall–Kier alpha value is -2.46. The molecular weight excluding hydrogens is 399 g/mol. The minimum absolute atomic E-state index is 0.0701. The summed E-state index contributed by atoms with van der Waals surface area (Å²) in [6.45, 7) is 0. The zero-order valence-corrected chi connectivity index (χ0v) is 17.5. The largest absolute Gasteiger partial charge is 0.326 e. The molecule has 2 fully saturated rings. The van der Waals surface area contributed by atoms with Crippen LogP contribution in [0.15, 0.2) is 54.7 Å². The molecule has 1 atom stereocenters. The molecule has 1 heterocycles. The molecule has 3 nitrogen and oxygen atoms in total. The van der Waals surface area contributed by atoms with Gasteiger partial charge in [-0.15, -0.1) is 0 Å². The van der Waals surface area contributed by atoms with Crippen molar-refractivity contribution in [3.05, 3.63) is 71.1 Å². The minimum atomic E-state index is -0.220. The number of benzene rings is 2. The Labute approximate surface area is 180 Å². The number of anilines is 1. The van der Waals surface area contributed by atoms with Crippen LogP contribution >= 0.6 is 11.6 Å². The third-order valence-electron chi connectivity index (χ3n) is 7.26.